The molecule has 1 N–H and O–H groups in total. The van der Waals surface area contributed by atoms with Crippen molar-refractivity contribution in [1.82, 2.24) is 14.3 Å². The Bertz CT molecular complexity index is 791. The van der Waals surface area contributed by atoms with Gasteiger partial charge in [-0.1, -0.05) is 0 Å². The molecule has 1 aromatic rings. The smallest absolute Gasteiger partial charge is 0.222 e. The maximum Gasteiger partial charge on any atom is 0.222 e. The molecule has 3 fully saturated rings. The third-order valence-corrected chi connectivity index (χ3v) is 8.22. The van der Waals surface area contributed by atoms with E-state index in [9.17, 15) is 8.42 Å². The molecule has 8 heteroatoms. The summed E-state index contributed by atoms with van der Waals surface area (Å²) in [6, 6.07) is 0. The normalized spacial score (nSPS) is 29.8. The van der Waals surface area contributed by atoms with Gasteiger partial charge in [0.1, 0.15) is 0 Å². The standard InChI is InChI=1S/C17H24N4O3S/c22-25(23,14-3-4-14)21-6-5-17(10-21)11-24-9-13-8-19-16(20-15(13)17)18-7-12-1-2-12/h8,12,14H,1-7,9-11H2,(H,18,19,20). The summed E-state index contributed by atoms with van der Waals surface area (Å²) in [7, 11) is -3.15. The second-order valence-corrected chi connectivity index (χ2v) is 10.2. The highest BCUT2D eigenvalue weighted by molar-refractivity contribution is 7.90. The van der Waals surface area contributed by atoms with Gasteiger partial charge in [-0.2, -0.15) is 0 Å². The molecule has 1 aromatic heterocycles. The van der Waals surface area contributed by atoms with Crippen molar-refractivity contribution in [2.24, 2.45) is 5.92 Å². The van der Waals surface area contributed by atoms with Crippen molar-refractivity contribution in [2.45, 2.75) is 49.4 Å². The van der Waals surface area contributed by atoms with E-state index in [0.717, 1.165) is 43.0 Å². The van der Waals surface area contributed by atoms with Gasteiger partial charge in [-0.25, -0.2) is 22.7 Å². The number of hydrogen-bond donors (Lipinski definition) is 1. The molecular formula is C17H24N4O3S. The van der Waals surface area contributed by atoms with Gasteiger partial charge in [0.25, 0.3) is 0 Å². The van der Waals surface area contributed by atoms with Gasteiger partial charge in [0.15, 0.2) is 0 Å². The first kappa shape index (κ1) is 16.0. The van der Waals surface area contributed by atoms with E-state index in [1.54, 1.807) is 4.31 Å². The van der Waals surface area contributed by atoms with Crippen LogP contribution in [0.1, 0.15) is 43.4 Å². The van der Waals surface area contributed by atoms with E-state index < -0.39 is 10.0 Å². The first-order valence-electron chi connectivity index (χ1n) is 9.24. The SMILES string of the molecule is O=S(=O)(C1CC1)N1CCC2(COCc3cnc(NCC4CC4)nc32)C1. The minimum atomic E-state index is -3.15. The summed E-state index contributed by atoms with van der Waals surface area (Å²) >= 11 is 0. The number of nitrogens with zero attached hydrogens (tertiary/aromatic N) is 3. The van der Waals surface area contributed by atoms with Gasteiger partial charge in [0.05, 0.1) is 29.6 Å². The first-order chi connectivity index (χ1) is 12.1. The molecule has 0 bridgehead atoms. The highest BCUT2D eigenvalue weighted by Gasteiger charge is 2.51. The van der Waals surface area contributed by atoms with Gasteiger partial charge >= 0.3 is 0 Å². The fraction of sp³-hybridized carbons (Fsp3) is 0.765. The summed E-state index contributed by atoms with van der Waals surface area (Å²) in [5, 5.41) is 3.18. The Kier molecular flexibility index (Phi) is 3.59. The van der Waals surface area contributed by atoms with Crippen molar-refractivity contribution in [3.8, 4) is 0 Å². The summed E-state index contributed by atoms with van der Waals surface area (Å²) in [6.45, 7) is 3.02. The van der Waals surface area contributed by atoms with Crippen LogP contribution in [0.3, 0.4) is 0 Å². The van der Waals surface area contributed by atoms with Gasteiger partial charge in [-0.3, -0.25) is 0 Å². The van der Waals surface area contributed by atoms with Crippen molar-refractivity contribution in [2.75, 3.05) is 31.6 Å². The Morgan fingerprint density at radius 1 is 1.32 bits per heavy atom. The number of anilines is 1. The molecule has 0 amide bonds. The number of aromatic nitrogens is 2. The largest absolute Gasteiger partial charge is 0.376 e. The van der Waals surface area contributed by atoms with Crippen LogP contribution in [-0.4, -0.2) is 54.2 Å². The van der Waals surface area contributed by atoms with Gasteiger partial charge in [0, 0.05) is 31.4 Å². The van der Waals surface area contributed by atoms with Crippen LogP contribution in [-0.2, 0) is 26.8 Å². The van der Waals surface area contributed by atoms with E-state index in [1.165, 1.54) is 12.8 Å². The quantitative estimate of drug-likeness (QED) is 0.847. The predicted octanol–water partition coefficient (Wildman–Crippen LogP) is 1.26. The van der Waals surface area contributed by atoms with Crippen molar-refractivity contribution in [3.63, 3.8) is 0 Å². The Balaban J connectivity index is 1.42. The number of nitrogens with one attached hydrogen (secondary N) is 1. The molecule has 0 aromatic carbocycles. The Hall–Kier alpha value is -1.25. The molecule has 1 saturated heterocycles. The maximum absolute atomic E-state index is 12.6. The Morgan fingerprint density at radius 2 is 2.16 bits per heavy atom. The highest BCUT2D eigenvalue weighted by atomic mass is 32.2. The molecule has 2 saturated carbocycles. The van der Waals surface area contributed by atoms with E-state index in [1.807, 2.05) is 6.20 Å². The fourth-order valence-corrected chi connectivity index (χ4v) is 5.90. The molecule has 2 aliphatic carbocycles. The van der Waals surface area contributed by atoms with E-state index in [-0.39, 0.29) is 10.7 Å². The van der Waals surface area contributed by atoms with Crippen LogP contribution in [0.2, 0.25) is 0 Å². The monoisotopic (exact) mass is 364 g/mol. The van der Waals surface area contributed by atoms with Gasteiger partial charge in [-0.05, 0) is 38.0 Å². The van der Waals surface area contributed by atoms with Crippen LogP contribution in [0.25, 0.3) is 0 Å². The third-order valence-electron chi connectivity index (χ3n) is 5.87. The van der Waals surface area contributed by atoms with Crippen molar-refractivity contribution in [1.29, 1.82) is 0 Å². The van der Waals surface area contributed by atoms with Crippen LogP contribution >= 0.6 is 0 Å². The lowest BCUT2D eigenvalue weighted by atomic mass is 9.81. The number of fused-ring (bicyclic) bond motifs is 2. The predicted molar refractivity (Wildman–Crippen MR) is 92.7 cm³/mol. The summed E-state index contributed by atoms with van der Waals surface area (Å²) in [6.07, 6.45) is 6.78. The van der Waals surface area contributed by atoms with E-state index in [4.69, 9.17) is 9.72 Å². The molecule has 3 heterocycles. The number of hydrogen-bond acceptors (Lipinski definition) is 6. The van der Waals surface area contributed by atoms with Gasteiger partial charge < -0.3 is 10.1 Å². The zero-order valence-corrected chi connectivity index (χ0v) is 15.1. The molecule has 2 aliphatic heterocycles. The van der Waals surface area contributed by atoms with Crippen LogP contribution < -0.4 is 5.32 Å². The molecule has 1 unspecified atom stereocenters. The van der Waals surface area contributed by atoms with E-state index in [2.05, 4.69) is 10.3 Å². The van der Waals surface area contributed by atoms with Crippen molar-refractivity contribution in [3.05, 3.63) is 17.5 Å². The topological polar surface area (TPSA) is 84.4 Å². The summed E-state index contributed by atoms with van der Waals surface area (Å²) in [5.41, 5.74) is 1.66. The molecular weight excluding hydrogens is 340 g/mol. The molecule has 136 valence electrons. The minimum Gasteiger partial charge on any atom is -0.376 e. The van der Waals surface area contributed by atoms with Crippen LogP contribution in [0, 0.1) is 5.92 Å². The number of ether oxygens (including phenoxy) is 1. The maximum atomic E-state index is 12.6. The lowest BCUT2D eigenvalue weighted by molar-refractivity contribution is 0.0532. The molecule has 5 rings (SSSR count). The summed E-state index contributed by atoms with van der Waals surface area (Å²) < 4.78 is 32.7. The Labute approximate surface area is 148 Å². The van der Waals surface area contributed by atoms with Crippen LogP contribution in [0.15, 0.2) is 6.20 Å². The number of rotatable bonds is 5. The molecule has 7 nitrogen and oxygen atoms in total. The molecule has 1 spiro atoms. The highest BCUT2D eigenvalue weighted by Crippen LogP contribution is 2.42. The molecule has 25 heavy (non-hydrogen) atoms. The molecule has 0 radical (unpaired) electrons. The zero-order chi connectivity index (χ0) is 17.1. The third kappa shape index (κ3) is 2.84. The minimum absolute atomic E-state index is 0.159. The second kappa shape index (κ2) is 5.62. The van der Waals surface area contributed by atoms with Crippen LogP contribution in [0.4, 0.5) is 5.95 Å². The molecule has 1 atom stereocenters. The van der Waals surface area contributed by atoms with Gasteiger partial charge in [0.2, 0.25) is 16.0 Å². The second-order valence-electron chi connectivity index (χ2n) is 7.99. The average Bonchev–Trinajstić information content (AvgIpc) is 3.52. The first-order valence-corrected chi connectivity index (χ1v) is 10.7. The zero-order valence-electron chi connectivity index (χ0n) is 14.3. The lowest BCUT2D eigenvalue weighted by Crippen LogP contribution is -2.42. The Morgan fingerprint density at radius 3 is 2.92 bits per heavy atom. The van der Waals surface area contributed by atoms with Gasteiger partial charge in [-0.15, -0.1) is 0 Å². The lowest BCUT2D eigenvalue weighted by Gasteiger charge is -2.34. The van der Waals surface area contributed by atoms with E-state index in [0.29, 0.717) is 32.3 Å². The van der Waals surface area contributed by atoms with E-state index >= 15 is 0 Å². The van der Waals surface area contributed by atoms with Crippen molar-refractivity contribution < 1.29 is 13.2 Å². The summed E-state index contributed by atoms with van der Waals surface area (Å²) in [5.74, 6) is 1.41. The van der Waals surface area contributed by atoms with Crippen LogP contribution in [0.5, 0.6) is 0 Å². The average molecular weight is 364 g/mol. The van der Waals surface area contributed by atoms with Crippen molar-refractivity contribution >= 4 is 16.0 Å². The summed E-state index contributed by atoms with van der Waals surface area (Å²) in [4.78, 5) is 9.22. The number of sulfonamides is 1. The fourth-order valence-electron chi connectivity index (χ4n) is 3.98. The molecule has 4 aliphatic rings.